The zero-order chi connectivity index (χ0) is 16.4. The third-order valence-corrected chi connectivity index (χ3v) is 3.18. The number of benzene rings is 1. The van der Waals surface area contributed by atoms with Gasteiger partial charge in [-0.05, 0) is 18.2 Å². The molecule has 23 heavy (non-hydrogen) atoms. The fourth-order valence-corrected chi connectivity index (χ4v) is 2.10. The topological polar surface area (TPSA) is 78.2 Å². The highest BCUT2D eigenvalue weighted by Gasteiger charge is 2.30. The molecule has 0 amide bonds. The first-order chi connectivity index (χ1) is 11.0. The minimum absolute atomic E-state index is 0.180. The standard InChI is InChI=1S/C15H8F3N5/c16-15(17,18)11-4-5-20-12(7-11)9-2-1-3-10(6-9)14-13(8-19)21-23-22-14/h1-7H,(H,21,22,23). The highest BCUT2D eigenvalue weighted by Crippen LogP contribution is 2.32. The fourth-order valence-electron chi connectivity index (χ4n) is 2.10. The number of rotatable bonds is 2. The molecule has 1 N–H and O–H groups in total. The van der Waals surface area contributed by atoms with Gasteiger partial charge in [0.05, 0.1) is 11.3 Å². The van der Waals surface area contributed by atoms with E-state index in [4.69, 9.17) is 5.26 Å². The summed E-state index contributed by atoms with van der Waals surface area (Å²) in [6.45, 7) is 0. The van der Waals surface area contributed by atoms with Crippen LogP contribution in [0.2, 0.25) is 0 Å². The second-order valence-corrected chi connectivity index (χ2v) is 4.66. The highest BCUT2D eigenvalue weighted by atomic mass is 19.4. The molecule has 8 heteroatoms. The Labute approximate surface area is 128 Å². The van der Waals surface area contributed by atoms with Crippen molar-refractivity contribution in [2.75, 3.05) is 0 Å². The second-order valence-electron chi connectivity index (χ2n) is 4.66. The minimum Gasteiger partial charge on any atom is -0.256 e. The van der Waals surface area contributed by atoms with Crippen molar-refractivity contribution in [2.24, 2.45) is 0 Å². The second kappa shape index (κ2) is 5.53. The Morgan fingerprint density at radius 1 is 1.09 bits per heavy atom. The maximum absolute atomic E-state index is 12.8. The smallest absolute Gasteiger partial charge is 0.256 e. The molecule has 0 saturated heterocycles. The molecule has 3 aromatic rings. The molecule has 0 bridgehead atoms. The van der Waals surface area contributed by atoms with Gasteiger partial charge >= 0.3 is 6.18 Å². The van der Waals surface area contributed by atoms with E-state index in [2.05, 4.69) is 20.4 Å². The van der Waals surface area contributed by atoms with Crippen LogP contribution < -0.4 is 0 Å². The van der Waals surface area contributed by atoms with Crippen molar-refractivity contribution in [1.82, 2.24) is 20.4 Å². The maximum Gasteiger partial charge on any atom is 0.416 e. The lowest BCUT2D eigenvalue weighted by molar-refractivity contribution is -0.137. The van der Waals surface area contributed by atoms with E-state index in [9.17, 15) is 13.2 Å². The van der Waals surface area contributed by atoms with Crippen LogP contribution in [0.5, 0.6) is 0 Å². The molecule has 114 valence electrons. The van der Waals surface area contributed by atoms with Crippen molar-refractivity contribution >= 4 is 0 Å². The van der Waals surface area contributed by atoms with E-state index in [1.54, 1.807) is 24.3 Å². The molecule has 0 unspecified atom stereocenters. The lowest BCUT2D eigenvalue weighted by Gasteiger charge is -2.08. The Bertz CT molecular complexity index is 892. The number of nitrogens with one attached hydrogen (secondary N) is 1. The van der Waals surface area contributed by atoms with E-state index < -0.39 is 11.7 Å². The maximum atomic E-state index is 12.8. The predicted molar refractivity (Wildman–Crippen MR) is 74.8 cm³/mol. The van der Waals surface area contributed by atoms with Crippen LogP contribution >= 0.6 is 0 Å². The molecule has 0 saturated carbocycles. The Morgan fingerprint density at radius 2 is 1.87 bits per heavy atom. The molecule has 0 aliphatic carbocycles. The fraction of sp³-hybridized carbons (Fsp3) is 0.0667. The zero-order valence-electron chi connectivity index (χ0n) is 11.5. The van der Waals surface area contributed by atoms with E-state index in [1.165, 1.54) is 0 Å². The number of H-pyrrole nitrogens is 1. The van der Waals surface area contributed by atoms with Crippen LogP contribution in [0.15, 0.2) is 42.6 Å². The Balaban J connectivity index is 2.06. The molecule has 0 spiro atoms. The van der Waals surface area contributed by atoms with Crippen molar-refractivity contribution in [3.05, 3.63) is 53.9 Å². The van der Waals surface area contributed by atoms with E-state index >= 15 is 0 Å². The largest absolute Gasteiger partial charge is 0.416 e. The number of pyridine rings is 1. The summed E-state index contributed by atoms with van der Waals surface area (Å²) in [5.41, 5.74) is 0.976. The third kappa shape index (κ3) is 2.89. The first kappa shape index (κ1) is 14.7. The van der Waals surface area contributed by atoms with Crippen LogP contribution in [0.3, 0.4) is 0 Å². The van der Waals surface area contributed by atoms with Gasteiger partial charge in [0.15, 0.2) is 5.69 Å². The summed E-state index contributed by atoms with van der Waals surface area (Å²) >= 11 is 0. The number of hydrogen-bond donors (Lipinski definition) is 1. The molecule has 0 aliphatic rings. The molecule has 2 heterocycles. The number of aromatic nitrogens is 4. The molecule has 3 rings (SSSR count). The van der Waals surface area contributed by atoms with Gasteiger partial charge in [-0.1, -0.05) is 23.4 Å². The lowest BCUT2D eigenvalue weighted by Crippen LogP contribution is -2.05. The van der Waals surface area contributed by atoms with Gasteiger partial charge in [0.1, 0.15) is 11.8 Å². The molecule has 0 fully saturated rings. The van der Waals surface area contributed by atoms with Gasteiger partial charge in [-0.25, -0.2) is 5.10 Å². The van der Waals surface area contributed by atoms with Crippen LogP contribution in [-0.4, -0.2) is 20.4 Å². The SMILES string of the molecule is N#Cc1[nH]nnc1-c1cccc(-c2cc(C(F)(F)F)ccn2)c1. The van der Waals surface area contributed by atoms with Gasteiger partial charge in [-0.3, -0.25) is 4.98 Å². The summed E-state index contributed by atoms with van der Waals surface area (Å²) in [4.78, 5) is 3.98. The summed E-state index contributed by atoms with van der Waals surface area (Å²) in [6, 6.07) is 10.4. The Morgan fingerprint density at radius 3 is 2.61 bits per heavy atom. The van der Waals surface area contributed by atoms with Crippen LogP contribution in [0.1, 0.15) is 11.3 Å². The van der Waals surface area contributed by atoms with Gasteiger partial charge in [-0.15, -0.1) is 5.10 Å². The molecule has 0 radical (unpaired) electrons. The monoisotopic (exact) mass is 315 g/mol. The Kier molecular flexibility index (Phi) is 3.54. The van der Waals surface area contributed by atoms with Crippen molar-refractivity contribution in [1.29, 1.82) is 5.26 Å². The van der Waals surface area contributed by atoms with E-state index in [-0.39, 0.29) is 11.4 Å². The van der Waals surface area contributed by atoms with Gasteiger partial charge < -0.3 is 0 Å². The molecule has 1 aromatic carbocycles. The van der Waals surface area contributed by atoms with E-state index in [0.29, 0.717) is 16.8 Å². The van der Waals surface area contributed by atoms with Crippen molar-refractivity contribution in [2.45, 2.75) is 6.18 Å². The van der Waals surface area contributed by atoms with Gasteiger partial charge in [0.25, 0.3) is 0 Å². The first-order valence-corrected chi connectivity index (χ1v) is 6.44. The zero-order valence-corrected chi connectivity index (χ0v) is 11.5. The predicted octanol–water partition coefficient (Wildman–Crippen LogP) is 3.42. The molecule has 5 nitrogen and oxygen atoms in total. The molecule has 2 aromatic heterocycles. The van der Waals surface area contributed by atoms with Crippen molar-refractivity contribution < 1.29 is 13.2 Å². The quantitative estimate of drug-likeness (QED) is 0.786. The lowest BCUT2D eigenvalue weighted by atomic mass is 10.0. The van der Waals surface area contributed by atoms with Crippen LogP contribution in [0.25, 0.3) is 22.5 Å². The average molecular weight is 315 g/mol. The molecular weight excluding hydrogens is 307 g/mol. The number of halogens is 3. The molecule has 0 atom stereocenters. The average Bonchev–Trinajstić information content (AvgIpc) is 3.03. The van der Waals surface area contributed by atoms with Gasteiger partial charge in [0, 0.05) is 17.3 Å². The summed E-state index contributed by atoms with van der Waals surface area (Å²) in [6.07, 6.45) is -3.32. The summed E-state index contributed by atoms with van der Waals surface area (Å²) in [5, 5.41) is 18.8. The van der Waals surface area contributed by atoms with Crippen LogP contribution in [-0.2, 0) is 6.18 Å². The molecular formula is C15H8F3N5. The highest BCUT2D eigenvalue weighted by molar-refractivity contribution is 5.71. The van der Waals surface area contributed by atoms with Crippen molar-refractivity contribution in [3.8, 4) is 28.6 Å². The Hall–Kier alpha value is -3.21. The minimum atomic E-state index is -4.44. The molecule has 0 aliphatic heterocycles. The van der Waals surface area contributed by atoms with Crippen molar-refractivity contribution in [3.63, 3.8) is 0 Å². The number of alkyl halides is 3. The number of nitrogens with zero attached hydrogens (tertiary/aromatic N) is 4. The first-order valence-electron chi connectivity index (χ1n) is 6.44. The summed E-state index contributed by atoms with van der Waals surface area (Å²) in [5.74, 6) is 0. The number of hydrogen-bond acceptors (Lipinski definition) is 4. The van der Waals surface area contributed by atoms with Crippen LogP contribution in [0.4, 0.5) is 13.2 Å². The van der Waals surface area contributed by atoms with Crippen LogP contribution in [0, 0.1) is 11.3 Å². The normalized spacial score (nSPS) is 11.2. The van der Waals surface area contributed by atoms with E-state index in [1.807, 2.05) is 6.07 Å². The van der Waals surface area contributed by atoms with E-state index in [0.717, 1.165) is 18.3 Å². The number of aromatic amines is 1. The summed E-state index contributed by atoms with van der Waals surface area (Å²) < 4.78 is 38.4. The number of nitriles is 1. The van der Waals surface area contributed by atoms with Gasteiger partial charge in [-0.2, -0.15) is 18.4 Å². The summed E-state index contributed by atoms with van der Waals surface area (Å²) in [7, 11) is 0. The third-order valence-electron chi connectivity index (χ3n) is 3.18. The van der Waals surface area contributed by atoms with Gasteiger partial charge in [0.2, 0.25) is 0 Å².